The van der Waals surface area contributed by atoms with Crippen molar-refractivity contribution in [2.45, 2.75) is 32.0 Å². The standard InChI is InChI=1S/C24H26NO3P/c1-18(2)20-15-13-19(14-16-20)17-23(25-24(26)21-9-5-3-6-10-21)29(27,28)22-11-7-4-8-12-22/h3-16,18,23H,17H2,1-2H3,(H,25,26)(H,27,28)/t23-/m0/s1. The molecule has 0 bridgehead atoms. The number of hydrogen-bond acceptors (Lipinski definition) is 2. The van der Waals surface area contributed by atoms with Crippen molar-refractivity contribution in [2.75, 3.05) is 0 Å². The number of amides is 1. The Hall–Kier alpha value is -2.68. The monoisotopic (exact) mass is 407 g/mol. The second kappa shape index (κ2) is 9.21. The van der Waals surface area contributed by atoms with Crippen LogP contribution in [0.1, 0.15) is 41.3 Å². The summed E-state index contributed by atoms with van der Waals surface area (Å²) < 4.78 is 13.4. The molecular weight excluding hydrogens is 381 g/mol. The maximum absolute atomic E-state index is 13.4. The van der Waals surface area contributed by atoms with Crippen LogP contribution in [0.3, 0.4) is 0 Å². The molecule has 0 heterocycles. The van der Waals surface area contributed by atoms with E-state index < -0.39 is 13.2 Å². The molecule has 150 valence electrons. The van der Waals surface area contributed by atoms with Gasteiger partial charge >= 0.3 is 0 Å². The normalized spacial score (nSPS) is 14.2. The van der Waals surface area contributed by atoms with Crippen LogP contribution in [0, 0.1) is 0 Å². The third-order valence-electron chi connectivity index (χ3n) is 4.96. The molecule has 2 atom stereocenters. The SMILES string of the molecule is CC(C)c1ccc(C[C@@H](NC(=O)c2ccccc2)P(=O)(O)c2ccccc2)cc1. The number of hydrogen-bond donors (Lipinski definition) is 2. The highest BCUT2D eigenvalue weighted by molar-refractivity contribution is 7.66. The lowest BCUT2D eigenvalue weighted by molar-refractivity contribution is 0.0946. The summed E-state index contributed by atoms with van der Waals surface area (Å²) in [7, 11) is -3.86. The Bertz CT molecular complexity index is 986. The maximum atomic E-state index is 13.4. The zero-order valence-electron chi connectivity index (χ0n) is 16.7. The summed E-state index contributed by atoms with van der Waals surface area (Å²) in [5, 5.41) is 3.14. The van der Waals surface area contributed by atoms with Crippen LogP contribution in [-0.2, 0) is 11.0 Å². The molecule has 29 heavy (non-hydrogen) atoms. The molecule has 0 aliphatic heterocycles. The van der Waals surface area contributed by atoms with E-state index in [1.165, 1.54) is 5.56 Å². The van der Waals surface area contributed by atoms with E-state index in [4.69, 9.17) is 0 Å². The van der Waals surface area contributed by atoms with Crippen LogP contribution in [0.2, 0.25) is 0 Å². The predicted octanol–water partition coefficient (Wildman–Crippen LogP) is 4.70. The van der Waals surface area contributed by atoms with Gasteiger partial charge in [0.2, 0.25) is 0 Å². The van der Waals surface area contributed by atoms with E-state index in [0.717, 1.165) is 5.56 Å². The van der Waals surface area contributed by atoms with Gasteiger partial charge in [-0.25, -0.2) is 0 Å². The number of benzene rings is 3. The molecule has 0 aliphatic carbocycles. The Morgan fingerprint density at radius 3 is 2.00 bits per heavy atom. The van der Waals surface area contributed by atoms with Gasteiger partial charge < -0.3 is 10.2 Å². The Labute approximate surface area is 172 Å². The first-order chi connectivity index (χ1) is 13.9. The van der Waals surface area contributed by atoms with Crippen molar-refractivity contribution in [3.8, 4) is 0 Å². The first kappa shape index (κ1) is 21.0. The van der Waals surface area contributed by atoms with Crippen molar-refractivity contribution in [3.05, 3.63) is 102 Å². The molecule has 0 aromatic heterocycles. The molecule has 0 fully saturated rings. The van der Waals surface area contributed by atoms with Crippen molar-refractivity contribution in [2.24, 2.45) is 0 Å². The quantitative estimate of drug-likeness (QED) is 0.558. The fraction of sp³-hybridized carbons (Fsp3) is 0.208. The summed E-state index contributed by atoms with van der Waals surface area (Å²) in [6.45, 7) is 4.24. The van der Waals surface area contributed by atoms with E-state index in [1.807, 2.05) is 30.3 Å². The van der Waals surface area contributed by atoms with Gasteiger partial charge in [-0.3, -0.25) is 9.36 Å². The van der Waals surface area contributed by atoms with Gasteiger partial charge in [0.1, 0.15) is 5.78 Å². The van der Waals surface area contributed by atoms with Gasteiger partial charge in [0, 0.05) is 17.3 Å². The molecule has 3 rings (SSSR count). The minimum Gasteiger partial charge on any atom is -0.340 e. The Kier molecular flexibility index (Phi) is 6.68. The zero-order valence-corrected chi connectivity index (χ0v) is 17.6. The van der Waals surface area contributed by atoms with Crippen LogP contribution in [0.25, 0.3) is 0 Å². The molecule has 5 heteroatoms. The second-order valence-corrected chi connectivity index (χ2v) is 9.80. The highest BCUT2D eigenvalue weighted by Crippen LogP contribution is 2.45. The van der Waals surface area contributed by atoms with Crippen molar-refractivity contribution in [1.29, 1.82) is 0 Å². The lowest BCUT2D eigenvalue weighted by atomic mass is 10.0. The lowest BCUT2D eigenvalue weighted by Crippen LogP contribution is -2.38. The first-order valence-electron chi connectivity index (χ1n) is 9.71. The van der Waals surface area contributed by atoms with E-state index in [2.05, 4.69) is 19.2 Å². The summed E-state index contributed by atoms with van der Waals surface area (Å²) >= 11 is 0. The van der Waals surface area contributed by atoms with E-state index in [9.17, 15) is 14.3 Å². The van der Waals surface area contributed by atoms with Gasteiger partial charge in [-0.15, -0.1) is 0 Å². The summed E-state index contributed by atoms with van der Waals surface area (Å²) in [4.78, 5) is 23.7. The lowest BCUT2D eigenvalue weighted by Gasteiger charge is -2.25. The number of rotatable bonds is 7. The summed E-state index contributed by atoms with van der Waals surface area (Å²) in [5.41, 5.74) is 2.56. The summed E-state index contributed by atoms with van der Waals surface area (Å²) in [6, 6.07) is 25.2. The van der Waals surface area contributed by atoms with Gasteiger partial charge in [-0.2, -0.15) is 0 Å². The molecule has 3 aromatic rings. The molecule has 0 radical (unpaired) electrons. The largest absolute Gasteiger partial charge is 0.340 e. The number of nitrogens with one attached hydrogen (secondary N) is 1. The summed E-state index contributed by atoms with van der Waals surface area (Å²) in [6.07, 6.45) is 0.264. The third kappa shape index (κ3) is 5.23. The molecule has 0 saturated heterocycles. The maximum Gasteiger partial charge on any atom is 0.251 e. The van der Waals surface area contributed by atoms with Crippen LogP contribution < -0.4 is 10.6 Å². The highest BCUT2D eigenvalue weighted by Gasteiger charge is 2.34. The molecule has 0 aliphatic rings. The highest BCUT2D eigenvalue weighted by atomic mass is 31.2. The van der Waals surface area contributed by atoms with Crippen LogP contribution in [0.15, 0.2) is 84.9 Å². The van der Waals surface area contributed by atoms with Crippen molar-refractivity contribution < 1.29 is 14.3 Å². The topological polar surface area (TPSA) is 66.4 Å². The van der Waals surface area contributed by atoms with Crippen molar-refractivity contribution >= 4 is 18.6 Å². The van der Waals surface area contributed by atoms with Crippen molar-refractivity contribution in [3.63, 3.8) is 0 Å². The van der Waals surface area contributed by atoms with E-state index in [0.29, 0.717) is 16.8 Å². The molecule has 1 unspecified atom stereocenters. The van der Waals surface area contributed by atoms with Crippen LogP contribution >= 0.6 is 7.37 Å². The predicted molar refractivity (Wildman–Crippen MR) is 118 cm³/mol. The molecule has 3 aromatic carbocycles. The van der Waals surface area contributed by atoms with E-state index in [-0.39, 0.29) is 12.3 Å². The van der Waals surface area contributed by atoms with Crippen molar-refractivity contribution in [1.82, 2.24) is 5.32 Å². The van der Waals surface area contributed by atoms with E-state index in [1.54, 1.807) is 54.6 Å². The molecule has 2 N–H and O–H groups in total. The molecule has 4 nitrogen and oxygen atoms in total. The van der Waals surface area contributed by atoms with Gasteiger partial charge in [0.25, 0.3) is 13.3 Å². The Balaban J connectivity index is 1.90. The summed E-state index contributed by atoms with van der Waals surface area (Å²) in [5.74, 6) is -0.881. The fourth-order valence-corrected chi connectivity index (χ4v) is 4.88. The Morgan fingerprint density at radius 2 is 1.45 bits per heavy atom. The van der Waals surface area contributed by atoms with Gasteiger partial charge in [0.15, 0.2) is 0 Å². The average molecular weight is 407 g/mol. The third-order valence-corrected chi connectivity index (χ3v) is 7.15. The molecule has 0 spiro atoms. The van der Waals surface area contributed by atoms with E-state index >= 15 is 0 Å². The molecule has 1 amide bonds. The molecule has 0 saturated carbocycles. The minimum absolute atomic E-state index is 0.264. The average Bonchev–Trinajstić information content (AvgIpc) is 2.74. The van der Waals surface area contributed by atoms with Crippen LogP contribution in [0.4, 0.5) is 0 Å². The van der Waals surface area contributed by atoms with Crippen LogP contribution in [-0.4, -0.2) is 16.6 Å². The van der Waals surface area contributed by atoms with Crippen LogP contribution in [0.5, 0.6) is 0 Å². The Morgan fingerprint density at radius 1 is 0.897 bits per heavy atom. The first-order valence-corrected chi connectivity index (χ1v) is 11.4. The number of carbonyl (C=O) groups excluding carboxylic acids is 1. The fourth-order valence-electron chi connectivity index (χ4n) is 3.17. The molecular formula is C24H26NO3P. The van der Waals surface area contributed by atoms with Gasteiger partial charge in [-0.1, -0.05) is 74.5 Å². The second-order valence-electron chi connectivity index (χ2n) is 7.41. The smallest absolute Gasteiger partial charge is 0.251 e. The van der Waals surface area contributed by atoms with Gasteiger partial charge in [0.05, 0.1) is 0 Å². The van der Waals surface area contributed by atoms with Gasteiger partial charge in [-0.05, 0) is 41.3 Å². The number of carbonyl (C=O) groups is 1. The zero-order chi connectivity index (χ0) is 20.9. The minimum atomic E-state index is -3.86.